The molecule has 4 heteroatoms. The van der Waals surface area contributed by atoms with Crippen LogP contribution >= 0.6 is 0 Å². The van der Waals surface area contributed by atoms with E-state index in [0.717, 1.165) is 12.8 Å². The average Bonchev–Trinajstić information content (AvgIpc) is 2.75. The van der Waals surface area contributed by atoms with E-state index in [1.165, 1.54) is 0 Å². The summed E-state index contributed by atoms with van der Waals surface area (Å²) in [5.74, 6) is 1.19. The average molecular weight is 233 g/mol. The van der Waals surface area contributed by atoms with Gasteiger partial charge in [-0.25, -0.2) is 0 Å². The van der Waals surface area contributed by atoms with Crippen LogP contribution in [0.2, 0.25) is 0 Å². The summed E-state index contributed by atoms with van der Waals surface area (Å²) < 4.78 is 11.0. The van der Waals surface area contributed by atoms with E-state index in [2.05, 4.69) is 6.07 Å². The van der Waals surface area contributed by atoms with Crippen LogP contribution in [0, 0.1) is 11.3 Å². The van der Waals surface area contributed by atoms with Gasteiger partial charge in [0.05, 0.1) is 24.8 Å². The number of nitriles is 1. The van der Waals surface area contributed by atoms with E-state index < -0.39 is 0 Å². The van der Waals surface area contributed by atoms with Crippen LogP contribution in [0.5, 0.6) is 11.5 Å². The molecular weight excluding hydrogens is 218 g/mol. The number of rotatable bonds is 3. The molecule has 1 aliphatic carbocycles. The van der Waals surface area contributed by atoms with E-state index in [1.807, 2.05) is 0 Å². The number of aliphatic hydroxyl groups is 1. The molecule has 0 aromatic heterocycles. The van der Waals surface area contributed by atoms with Gasteiger partial charge in [-0.2, -0.15) is 5.26 Å². The second kappa shape index (κ2) is 5.07. The van der Waals surface area contributed by atoms with Gasteiger partial charge in [0.25, 0.3) is 0 Å². The van der Waals surface area contributed by atoms with Crippen LogP contribution in [0.25, 0.3) is 0 Å². The van der Waals surface area contributed by atoms with Crippen molar-refractivity contribution in [3.8, 4) is 17.6 Å². The molecule has 90 valence electrons. The minimum Gasteiger partial charge on any atom is -0.493 e. The molecule has 1 fully saturated rings. The second-order valence-electron chi connectivity index (χ2n) is 4.18. The van der Waals surface area contributed by atoms with E-state index in [9.17, 15) is 5.11 Å². The van der Waals surface area contributed by atoms with Crippen LogP contribution in [0.15, 0.2) is 18.2 Å². The Hall–Kier alpha value is -1.73. The minimum absolute atomic E-state index is 0.0341. The lowest BCUT2D eigenvalue weighted by molar-refractivity contribution is 0.147. The van der Waals surface area contributed by atoms with Crippen LogP contribution in [-0.2, 0) is 0 Å². The first-order valence-electron chi connectivity index (χ1n) is 5.66. The molecule has 0 radical (unpaired) electrons. The van der Waals surface area contributed by atoms with Crippen LogP contribution in [0.3, 0.4) is 0 Å². The highest BCUT2D eigenvalue weighted by Crippen LogP contribution is 2.32. The Labute approximate surface area is 100 Å². The lowest BCUT2D eigenvalue weighted by Crippen LogP contribution is -2.13. The van der Waals surface area contributed by atoms with Gasteiger partial charge in [-0.3, -0.25) is 0 Å². The van der Waals surface area contributed by atoms with Crippen molar-refractivity contribution in [2.24, 2.45) is 0 Å². The second-order valence-corrected chi connectivity index (χ2v) is 4.18. The van der Waals surface area contributed by atoms with Crippen molar-refractivity contribution in [2.75, 3.05) is 7.11 Å². The van der Waals surface area contributed by atoms with Gasteiger partial charge >= 0.3 is 0 Å². The highest BCUT2D eigenvalue weighted by molar-refractivity contribution is 5.46. The molecule has 0 amide bonds. The molecule has 1 aliphatic rings. The van der Waals surface area contributed by atoms with Gasteiger partial charge in [-0.15, -0.1) is 0 Å². The Balaban J connectivity index is 2.13. The fourth-order valence-corrected chi connectivity index (χ4v) is 2.04. The van der Waals surface area contributed by atoms with Crippen LogP contribution in [0.1, 0.15) is 24.8 Å². The van der Waals surface area contributed by atoms with Gasteiger partial charge in [0.2, 0.25) is 0 Å². The molecule has 0 heterocycles. The molecule has 1 aromatic carbocycles. The number of hydrogen-bond donors (Lipinski definition) is 1. The normalized spacial score (nSPS) is 23.1. The summed E-state index contributed by atoms with van der Waals surface area (Å²) in [6.45, 7) is 0. The molecule has 4 nitrogen and oxygen atoms in total. The predicted molar refractivity (Wildman–Crippen MR) is 62.0 cm³/mol. The summed E-state index contributed by atoms with van der Waals surface area (Å²) in [6, 6.07) is 7.14. The first-order valence-corrected chi connectivity index (χ1v) is 5.66. The fraction of sp³-hybridized carbons (Fsp3) is 0.462. The van der Waals surface area contributed by atoms with Crippen LogP contribution < -0.4 is 9.47 Å². The number of hydrogen-bond acceptors (Lipinski definition) is 4. The maximum atomic E-state index is 9.43. The number of aliphatic hydroxyl groups excluding tert-OH is 1. The van der Waals surface area contributed by atoms with Gasteiger partial charge < -0.3 is 14.6 Å². The van der Waals surface area contributed by atoms with E-state index in [4.69, 9.17) is 14.7 Å². The smallest absolute Gasteiger partial charge is 0.162 e. The Morgan fingerprint density at radius 3 is 2.76 bits per heavy atom. The Morgan fingerprint density at radius 1 is 1.35 bits per heavy atom. The molecule has 0 bridgehead atoms. The first kappa shape index (κ1) is 11.7. The minimum atomic E-state index is -0.260. The largest absolute Gasteiger partial charge is 0.493 e. The molecule has 0 spiro atoms. The van der Waals surface area contributed by atoms with Gasteiger partial charge in [0.1, 0.15) is 6.10 Å². The number of benzene rings is 1. The summed E-state index contributed by atoms with van der Waals surface area (Å²) >= 11 is 0. The zero-order valence-electron chi connectivity index (χ0n) is 9.72. The summed E-state index contributed by atoms with van der Waals surface area (Å²) in [7, 11) is 1.55. The molecule has 17 heavy (non-hydrogen) atoms. The molecule has 1 aromatic rings. The van der Waals surface area contributed by atoms with Crippen molar-refractivity contribution in [3.05, 3.63) is 23.8 Å². The Kier molecular flexibility index (Phi) is 3.50. The van der Waals surface area contributed by atoms with Crippen molar-refractivity contribution < 1.29 is 14.6 Å². The zero-order valence-corrected chi connectivity index (χ0v) is 9.72. The number of nitrogens with zero attached hydrogens (tertiary/aromatic N) is 1. The van der Waals surface area contributed by atoms with Crippen LogP contribution in [0.4, 0.5) is 0 Å². The molecule has 0 aliphatic heterocycles. The van der Waals surface area contributed by atoms with Crippen molar-refractivity contribution in [1.82, 2.24) is 0 Å². The lowest BCUT2D eigenvalue weighted by atomic mass is 10.2. The maximum absolute atomic E-state index is 9.43. The summed E-state index contributed by atoms with van der Waals surface area (Å²) in [5, 5.41) is 18.2. The molecule has 1 saturated carbocycles. The third kappa shape index (κ3) is 2.69. The molecule has 2 rings (SSSR count). The molecule has 2 unspecified atom stereocenters. The standard InChI is InChI=1S/C13H15NO3/c1-16-13-6-9(8-14)2-5-12(13)17-11-4-3-10(15)7-11/h2,5-6,10-11,15H,3-4,7H2,1H3. The molecular formula is C13H15NO3. The molecule has 1 N–H and O–H groups in total. The van der Waals surface area contributed by atoms with Crippen molar-refractivity contribution in [2.45, 2.75) is 31.5 Å². The molecule has 0 saturated heterocycles. The van der Waals surface area contributed by atoms with Gasteiger partial charge in [0.15, 0.2) is 11.5 Å². The zero-order chi connectivity index (χ0) is 12.3. The summed E-state index contributed by atoms with van der Waals surface area (Å²) in [6.07, 6.45) is 2.06. The van der Waals surface area contributed by atoms with E-state index in [-0.39, 0.29) is 12.2 Å². The number of methoxy groups -OCH3 is 1. The summed E-state index contributed by atoms with van der Waals surface area (Å²) in [4.78, 5) is 0. The Morgan fingerprint density at radius 2 is 2.18 bits per heavy atom. The van der Waals surface area contributed by atoms with Crippen molar-refractivity contribution in [3.63, 3.8) is 0 Å². The van der Waals surface area contributed by atoms with Crippen molar-refractivity contribution >= 4 is 0 Å². The van der Waals surface area contributed by atoms with Gasteiger partial charge in [-0.05, 0) is 25.0 Å². The van der Waals surface area contributed by atoms with E-state index in [1.54, 1.807) is 25.3 Å². The fourth-order valence-electron chi connectivity index (χ4n) is 2.04. The number of ether oxygens (including phenoxy) is 2. The quantitative estimate of drug-likeness (QED) is 0.865. The first-order chi connectivity index (χ1) is 8.22. The maximum Gasteiger partial charge on any atom is 0.162 e. The predicted octanol–water partition coefficient (Wildman–Crippen LogP) is 1.86. The highest BCUT2D eigenvalue weighted by atomic mass is 16.5. The monoisotopic (exact) mass is 233 g/mol. The van der Waals surface area contributed by atoms with Crippen molar-refractivity contribution in [1.29, 1.82) is 5.26 Å². The van der Waals surface area contributed by atoms with Gasteiger partial charge in [0, 0.05) is 12.5 Å². The van der Waals surface area contributed by atoms with E-state index >= 15 is 0 Å². The topological polar surface area (TPSA) is 62.5 Å². The van der Waals surface area contributed by atoms with Crippen LogP contribution in [-0.4, -0.2) is 24.4 Å². The lowest BCUT2D eigenvalue weighted by Gasteiger charge is -2.15. The molecule has 2 atom stereocenters. The highest BCUT2D eigenvalue weighted by Gasteiger charge is 2.25. The van der Waals surface area contributed by atoms with Gasteiger partial charge in [-0.1, -0.05) is 0 Å². The Bertz CT molecular complexity index is 439. The third-order valence-corrected chi connectivity index (χ3v) is 2.94. The SMILES string of the molecule is COc1cc(C#N)ccc1OC1CCC(O)C1. The van der Waals surface area contributed by atoms with E-state index in [0.29, 0.717) is 23.5 Å². The summed E-state index contributed by atoms with van der Waals surface area (Å²) in [5.41, 5.74) is 0.542. The third-order valence-electron chi connectivity index (χ3n) is 2.94.